The SMILES string of the molecule is C/C=C/CN(C)c1nc(=O)n(C2CCCCC2)c(=O)n1CC. The van der Waals surface area contributed by atoms with Crippen molar-refractivity contribution < 1.29 is 0 Å². The molecule has 1 saturated carbocycles. The Kier molecular flexibility index (Phi) is 5.57. The van der Waals surface area contributed by atoms with Crippen molar-refractivity contribution in [3.05, 3.63) is 33.1 Å². The molecule has 6 heteroatoms. The summed E-state index contributed by atoms with van der Waals surface area (Å²) in [6, 6.07) is 0.00828. The average Bonchev–Trinajstić information content (AvgIpc) is 2.53. The fourth-order valence-electron chi connectivity index (χ4n) is 3.06. The van der Waals surface area contributed by atoms with Crippen LogP contribution < -0.4 is 16.3 Å². The number of allylic oxidation sites excluding steroid dienone is 1. The highest BCUT2D eigenvalue weighted by Gasteiger charge is 2.22. The fourth-order valence-corrected chi connectivity index (χ4v) is 3.06. The van der Waals surface area contributed by atoms with Crippen LogP contribution in [0.4, 0.5) is 5.95 Å². The van der Waals surface area contributed by atoms with Gasteiger partial charge in [0.05, 0.1) is 0 Å². The van der Waals surface area contributed by atoms with Crippen LogP contribution in [-0.4, -0.2) is 27.7 Å². The van der Waals surface area contributed by atoms with Crippen LogP contribution in [0, 0.1) is 0 Å². The molecule has 1 aliphatic rings. The first-order chi connectivity index (χ1) is 10.6. The van der Waals surface area contributed by atoms with Gasteiger partial charge in [0.1, 0.15) is 0 Å². The highest BCUT2D eigenvalue weighted by Crippen LogP contribution is 2.25. The summed E-state index contributed by atoms with van der Waals surface area (Å²) >= 11 is 0. The molecule has 1 aromatic rings. The van der Waals surface area contributed by atoms with Crippen LogP contribution in [0.3, 0.4) is 0 Å². The lowest BCUT2D eigenvalue weighted by Gasteiger charge is -2.25. The van der Waals surface area contributed by atoms with E-state index in [-0.39, 0.29) is 11.7 Å². The Morgan fingerprint density at radius 1 is 1.27 bits per heavy atom. The summed E-state index contributed by atoms with van der Waals surface area (Å²) in [5, 5.41) is 0. The molecule has 0 atom stereocenters. The van der Waals surface area contributed by atoms with Gasteiger partial charge >= 0.3 is 11.4 Å². The maximum Gasteiger partial charge on any atom is 0.355 e. The minimum atomic E-state index is -0.413. The second kappa shape index (κ2) is 7.42. The zero-order chi connectivity index (χ0) is 16.1. The minimum absolute atomic E-state index is 0.00828. The zero-order valence-electron chi connectivity index (χ0n) is 13.8. The molecule has 0 amide bonds. The first-order valence-electron chi connectivity index (χ1n) is 8.15. The average molecular weight is 306 g/mol. The summed E-state index contributed by atoms with van der Waals surface area (Å²) in [7, 11) is 1.85. The Morgan fingerprint density at radius 2 is 1.95 bits per heavy atom. The number of rotatable bonds is 5. The molecule has 0 saturated heterocycles. The van der Waals surface area contributed by atoms with Gasteiger partial charge < -0.3 is 4.90 Å². The van der Waals surface area contributed by atoms with Gasteiger partial charge in [0.25, 0.3) is 0 Å². The second-order valence-electron chi connectivity index (χ2n) is 5.83. The molecule has 1 heterocycles. The van der Waals surface area contributed by atoms with E-state index in [1.807, 2.05) is 37.9 Å². The van der Waals surface area contributed by atoms with Crippen molar-refractivity contribution in [2.75, 3.05) is 18.5 Å². The van der Waals surface area contributed by atoms with Crippen molar-refractivity contribution >= 4 is 5.95 Å². The van der Waals surface area contributed by atoms with Gasteiger partial charge in [-0.3, -0.25) is 4.57 Å². The molecule has 0 radical (unpaired) electrons. The summed E-state index contributed by atoms with van der Waals surface area (Å²) in [6.45, 7) is 4.98. The molecular formula is C16H26N4O2. The third kappa shape index (κ3) is 3.31. The normalized spacial score (nSPS) is 16.3. The molecule has 0 aliphatic heterocycles. The van der Waals surface area contributed by atoms with Crippen LogP contribution in [0.25, 0.3) is 0 Å². The molecule has 0 aromatic carbocycles. The van der Waals surface area contributed by atoms with Crippen LogP contribution in [0.1, 0.15) is 52.0 Å². The van der Waals surface area contributed by atoms with Gasteiger partial charge in [0.15, 0.2) is 0 Å². The molecule has 6 nitrogen and oxygen atoms in total. The van der Waals surface area contributed by atoms with Gasteiger partial charge in [-0.2, -0.15) is 4.98 Å². The van der Waals surface area contributed by atoms with E-state index in [0.29, 0.717) is 19.0 Å². The molecular weight excluding hydrogens is 280 g/mol. The zero-order valence-corrected chi connectivity index (χ0v) is 13.8. The lowest BCUT2D eigenvalue weighted by Crippen LogP contribution is -2.46. The number of nitrogens with zero attached hydrogens (tertiary/aromatic N) is 4. The largest absolute Gasteiger partial charge is 0.355 e. The monoisotopic (exact) mass is 306 g/mol. The Hall–Kier alpha value is -1.85. The van der Waals surface area contributed by atoms with Crippen molar-refractivity contribution in [1.82, 2.24) is 14.1 Å². The van der Waals surface area contributed by atoms with Crippen molar-refractivity contribution in [3.63, 3.8) is 0 Å². The van der Waals surface area contributed by atoms with Crippen LogP contribution >= 0.6 is 0 Å². The van der Waals surface area contributed by atoms with Crippen LogP contribution in [-0.2, 0) is 6.54 Å². The molecule has 22 heavy (non-hydrogen) atoms. The topological polar surface area (TPSA) is 60.1 Å². The van der Waals surface area contributed by atoms with Gasteiger partial charge in [0, 0.05) is 26.2 Å². The predicted molar refractivity (Wildman–Crippen MR) is 88.6 cm³/mol. The lowest BCUT2D eigenvalue weighted by atomic mass is 9.95. The van der Waals surface area contributed by atoms with E-state index in [0.717, 1.165) is 25.7 Å². The van der Waals surface area contributed by atoms with Crippen molar-refractivity contribution in [2.24, 2.45) is 0 Å². The van der Waals surface area contributed by atoms with E-state index >= 15 is 0 Å². The summed E-state index contributed by atoms with van der Waals surface area (Å²) in [6.07, 6.45) is 9.04. The Balaban J connectivity index is 2.47. The predicted octanol–water partition coefficient (Wildman–Crippen LogP) is 1.94. The second-order valence-corrected chi connectivity index (χ2v) is 5.83. The molecule has 122 valence electrons. The molecule has 1 aromatic heterocycles. The summed E-state index contributed by atoms with van der Waals surface area (Å²) in [4.78, 5) is 31.2. The summed E-state index contributed by atoms with van der Waals surface area (Å²) < 4.78 is 2.97. The Labute approximate surface area is 131 Å². The van der Waals surface area contributed by atoms with Gasteiger partial charge in [0.2, 0.25) is 5.95 Å². The van der Waals surface area contributed by atoms with E-state index in [2.05, 4.69) is 4.98 Å². The fraction of sp³-hybridized carbons (Fsp3) is 0.688. The van der Waals surface area contributed by atoms with Crippen molar-refractivity contribution in [3.8, 4) is 0 Å². The molecule has 0 unspecified atom stereocenters. The quantitative estimate of drug-likeness (QED) is 0.780. The van der Waals surface area contributed by atoms with Crippen LogP contribution in [0.2, 0.25) is 0 Å². The number of anilines is 1. The molecule has 0 bridgehead atoms. The number of aromatic nitrogens is 3. The summed E-state index contributed by atoms with van der Waals surface area (Å²) in [5.74, 6) is 0.447. The van der Waals surface area contributed by atoms with Gasteiger partial charge in [-0.25, -0.2) is 14.2 Å². The standard InChI is InChI=1S/C16H26N4O2/c1-4-6-12-18(3)14-17-15(21)20(16(22)19(14)5-2)13-10-8-7-9-11-13/h4,6,13H,5,7-12H2,1-3H3/b6-4+. The maximum atomic E-state index is 12.8. The van der Waals surface area contributed by atoms with Crippen molar-refractivity contribution in [2.45, 2.75) is 58.5 Å². The van der Waals surface area contributed by atoms with Gasteiger partial charge in [-0.1, -0.05) is 31.4 Å². The Bertz CT molecular complexity index is 639. The smallest absolute Gasteiger partial charge is 0.341 e. The number of hydrogen-bond acceptors (Lipinski definition) is 4. The Morgan fingerprint density at radius 3 is 2.55 bits per heavy atom. The lowest BCUT2D eigenvalue weighted by molar-refractivity contribution is 0.324. The van der Waals surface area contributed by atoms with E-state index in [1.54, 1.807) is 4.57 Å². The third-order valence-electron chi connectivity index (χ3n) is 4.29. The molecule has 1 fully saturated rings. The molecule has 1 aliphatic carbocycles. The number of hydrogen-bond donors (Lipinski definition) is 0. The van der Waals surface area contributed by atoms with Crippen LogP contribution in [0.15, 0.2) is 21.7 Å². The first kappa shape index (κ1) is 16.5. The maximum absolute atomic E-state index is 12.8. The van der Waals surface area contributed by atoms with E-state index < -0.39 is 5.69 Å². The minimum Gasteiger partial charge on any atom is -0.341 e. The van der Waals surface area contributed by atoms with E-state index in [4.69, 9.17) is 0 Å². The first-order valence-corrected chi connectivity index (χ1v) is 8.15. The van der Waals surface area contributed by atoms with Crippen LogP contribution in [0.5, 0.6) is 0 Å². The van der Waals surface area contributed by atoms with Gasteiger partial charge in [-0.05, 0) is 26.7 Å². The highest BCUT2D eigenvalue weighted by molar-refractivity contribution is 5.29. The van der Waals surface area contributed by atoms with E-state index in [9.17, 15) is 9.59 Å². The summed E-state index contributed by atoms with van der Waals surface area (Å²) in [5.41, 5.74) is -0.638. The molecule has 0 spiro atoms. The number of likely N-dealkylation sites (N-methyl/N-ethyl adjacent to an activating group) is 1. The third-order valence-corrected chi connectivity index (χ3v) is 4.29. The molecule has 2 rings (SSSR count). The highest BCUT2D eigenvalue weighted by atomic mass is 16.2. The van der Waals surface area contributed by atoms with Gasteiger partial charge in [-0.15, -0.1) is 0 Å². The van der Waals surface area contributed by atoms with Crippen molar-refractivity contribution in [1.29, 1.82) is 0 Å². The molecule has 0 N–H and O–H groups in total. The van der Waals surface area contributed by atoms with E-state index in [1.165, 1.54) is 11.0 Å².